The largest absolute Gasteiger partial charge is 0.495 e. The number of thioether (sulfide) groups is 1. The maximum absolute atomic E-state index is 6.23. The number of nitrogen functional groups attached to an aromatic ring is 1. The average molecular weight is 415 g/mol. The van der Waals surface area contributed by atoms with Gasteiger partial charge in [-0.3, -0.25) is 0 Å². The minimum Gasteiger partial charge on any atom is -0.495 e. The number of halogens is 1. The van der Waals surface area contributed by atoms with Crippen LogP contribution < -0.4 is 15.8 Å². The molecule has 3 aromatic carbocycles. The van der Waals surface area contributed by atoms with Gasteiger partial charge in [0.25, 0.3) is 0 Å². The molecule has 0 bridgehead atoms. The molecule has 25 heavy (non-hydrogen) atoms. The SMILES string of the molecule is COc1cc(Br)ccc1Nc1ccc(SCc2ccccc2)cc1N. The number of anilines is 3. The second-order valence-corrected chi connectivity index (χ2v) is 7.46. The second kappa shape index (κ2) is 8.32. The fraction of sp³-hybridized carbons (Fsp3) is 0.100. The quantitative estimate of drug-likeness (QED) is 0.379. The molecule has 0 aromatic heterocycles. The van der Waals surface area contributed by atoms with Crippen LogP contribution in [0.15, 0.2) is 76.1 Å². The van der Waals surface area contributed by atoms with Crippen molar-refractivity contribution in [1.29, 1.82) is 0 Å². The van der Waals surface area contributed by atoms with E-state index in [0.717, 1.165) is 32.2 Å². The van der Waals surface area contributed by atoms with E-state index in [1.54, 1.807) is 18.9 Å². The smallest absolute Gasteiger partial charge is 0.143 e. The molecule has 3 N–H and O–H groups in total. The van der Waals surface area contributed by atoms with Crippen molar-refractivity contribution < 1.29 is 4.74 Å². The first-order valence-electron chi connectivity index (χ1n) is 7.82. The minimum absolute atomic E-state index is 0.711. The molecule has 3 aromatic rings. The summed E-state index contributed by atoms with van der Waals surface area (Å²) in [7, 11) is 1.65. The molecular formula is C20H19BrN2OS. The molecule has 3 rings (SSSR count). The number of hydrogen-bond donors (Lipinski definition) is 2. The van der Waals surface area contributed by atoms with Crippen molar-refractivity contribution in [2.24, 2.45) is 0 Å². The van der Waals surface area contributed by atoms with E-state index in [0.29, 0.717) is 5.69 Å². The molecule has 0 spiro atoms. The summed E-state index contributed by atoms with van der Waals surface area (Å²) in [6.07, 6.45) is 0. The van der Waals surface area contributed by atoms with Crippen molar-refractivity contribution in [3.63, 3.8) is 0 Å². The van der Waals surface area contributed by atoms with E-state index in [4.69, 9.17) is 10.5 Å². The van der Waals surface area contributed by atoms with E-state index in [9.17, 15) is 0 Å². The van der Waals surface area contributed by atoms with Gasteiger partial charge in [0.15, 0.2) is 0 Å². The van der Waals surface area contributed by atoms with Gasteiger partial charge in [-0.2, -0.15) is 0 Å². The summed E-state index contributed by atoms with van der Waals surface area (Å²) in [6.45, 7) is 0. The molecule has 0 amide bonds. The number of hydrogen-bond acceptors (Lipinski definition) is 4. The van der Waals surface area contributed by atoms with E-state index >= 15 is 0 Å². The topological polar surface area (TPSA) is 47.3 Å². The molecule has 0 aliphatic carbocycles. The van der Waals surface area contributed by atoms with Gasteiger partial charge in [-0.05, 0) is 42.0 Å². The van der Waals surface area contributed by atoms with Gasteiger partial charge in [-0.25, -0.2) is 0 Å². The number of nitrogens with one attached hydrogen (secondary N) is 1. The fourth-order valence-electron chi connectivity index (χ4n) is 2.40. The van der Waals surface area contributed by atoms with Crippen molar-refractivity contribution in [2.75, 3.05) is 18.2 Å². The Morgan fingerprint density at radius 1 is 1.00 bits per heavy atom. The third kappa shape index (κ3) is 4.71. The molecule has 0 aliphatic heterocycles. The van der Waals surface area contributed by atoms with Crippen molar-refractivity contribution >= 4 is 44.8 Å². The Hall–Kier alpha value is -2.11. The predicted molar refractivity (Wildman–Crippen MR) is 111 cm³/mol. The fourth-order valence-corrected chi connectivity index (χ4v) is 3.64. The Labute approximate surface area is 160 Å². The van der Waals surface area contributed by atoms with Crippen LogP contribution in [0.3, 0.4) is 0 Å². The van der Waals surface area contributed by atoms with Gasteiger partial charge >= 0.3 is 0 Å². The zero-order valence-electron chi connectivity index (χ0n) is 13.8. The number of methoxy groups -OCH3 is 1. The molecular weight excluding hydrogens is 396 g/mol. The highest BCUT2D eigenvalue weighted by Crippen LogP contribution is 2.34. The van der Waals surface area contributed by atoms with Crippen LogP contribution in [0.5, 0.6) is 5.75 Å². The van der Waals surface area contributed by atoms with Gasteiger partial charge in [-0.1, -0.05) is 46.3 Å². The average Bonchev–Trinajstić information content (AvgIpc) is 2.64. The first-order valence-corrected chi connectivity index (χ1v) is 9.60. The lowest BCUT2D eigenvalue weighted by atomic mass is 10.2. The van der Waals surface area contributed by atoms with E-state index in [-0.39, 0.29) is 0 Å². The Bertz CT molecular complexity index is 856. The molecule has 0 radical (unpaired) electrons. The van der Waals surface area contributed by atoms with Crippen molar-refractivity contribution in [3.8, 4) is 5.75 Å². The van der Waals surface area contributed by atoms with Gasteiger partial charge < -0.3 is 15.8 Å². The molecule has 0 saturated heterocycles. The zero-order chi connectivity index (χ0) is 17.6. The third-order valence-electron chi connectivity index (χ3n) is 3.70. The predicted octanol–water partition coefficient (Wildman–Crippen LogP) is 6.08. The highest BCUT2D eigenvalue weighted by atomic mass is 79.9. The molecule has 128 valence electrons. The second-order valence-electron chi connectivity index (χ2n) is 5.49. The van der Waals surface area contributed by atoms with Crippen LogP contribution in [0.4, 0.5) is 17.1 Å². The van der Waals surface area contributed by atoms with Gasteiger partial charge in [-0.15, -0.1) is 11.8 Å². The van der Waals surface area contributed by atoms with Crippen LogP contribution in [0.25, 0.3) is 0 Å². The van der Waals surface area contributed by atoms with Crippen LogP contribution in [0, 0.1) is 0 Å². The monoisotopic (exact) mass is 414 g/mol. The molecule has 3 nitrogen and oxygen atoms in total. The standard InChI is InChI=1S/C20H19BrN2OS/c1-24-20-11-15(21)7-9-19(20)23-18-10-8-16(12-17(18)22)25-13-14-5-3-2-4-6-14/h2-12,23H,13,22H2,1H3. The number of nitrogens with two attached hydrogens (primary N) is 1. The van der Waals surface area contributed by atoms with E-state index < -0.39 is 0 Å². The van der Waals surface area contributed by atoms with Crippen LogP contribution in [-0.4, -0.2) is 7.11 Å². The lowest BCUT2D eigenvalue weighted by Crippen LogP contribution is -1.98. The molecule has 0 aliphatic rings. The number of rotatable bonds is 6. The first kappa shape index (κ1) is 17.7. The summed E-state index contributed by atoms with van der Waals surface area (Å²) in [5.74, 6) is 1.68. The summed E-state index contributed by atoms with van der Waals surface area (Å²) >= 11 is 5.22. The summed E-state index contributed by atoms with van der Waals surface area (Å²) in [6, 6.07) is 22.3. The lowest BCUT2D eigenvalue weighted by molar-refractivity contribution is 0.416. The van der Waals surface area contributed by atoms with E-state index in [1.807, 2.05) is 36.4 Å². The van der Waals surface area contributed by atoms with Crippen LogP contribution >= 0.6 is 27.7 Å². The molecule has 0 heterocycles. The van der Waals surface area contributed by atoms with Gasteiger partial charge in [0, 0.05) is 15.1 Å². The van der Waals surface area contributed by atoms with Gasteiger partial charge in [0.1, 0.15) is 5.75 Å². The number of benzene rings is 3. The first-order chi connectivity index (χ1) is 12.2. The highest BCUT2D eigenvalue weighted by Gasteiger charge is 2.07. The maximum Gasteiger partial charge on any atom is 0.143 e. The summed E-state index contributed by atoms with van der Waals surface area (Å²) < 4.78 is 6.38. The van der Waals surface area contributed by atoms with Gasteiger partial charge in [0.2, 0.25) is 0 Å². The van der Waals surface area contributed by atoms with E-state index in [2.05, 4.69) is 51.6 Å². The molecule has 0 unspecified atom stereocenters. The summed E-state index contributed by atoms with van der Waals surface area (Å²) in [5.41, 5.74) is 9.99. The highest BCUT2D eigenvalue weighted by molar-refractivity contribution is 9.10. The Morgan fingerprint density at radius 3 is 2.48 bits per heavy atom. The molecule has 0 saturated carbocycles. The third-order valence-corrected chi connectivity index (χ3v) is 5.26. The van der Waals surface area contributed by atoms with Crippen molar-refractivity contribution in [1.82, 2.24) is 0 Å². The molecule has 5 heteroatoms. The lowest BCUT2D eigenvalue weighted by Gasteiger charge is -2.14. The zero-order valence-corrected chi connectivity index (χ0v) is 16.2. The number of ether oxygens (including phenoxy) is 1. The van der Waals surface area contributed by atoms with Crippen LogP contribution in [0.1, 0.15) is 5.56 Å². The van der Waals surface area contributed by atoms with Crippen molar-refractivity contribution in [3.05, 3.63) is 76.8 Å². The molecule has 0 atom stereocenters. The normalized spacial score (nSPS) is 10.5. The van der Waals surface area contributed by atoms with Crippen LogP contribution in [0.2, 0.25) is 0 Å². The van der Waals surface area contributed by atoms with Gasteiger partial charge in [0.05, 0.1) is 24.2 Å². The van der Waals surface area contributed by atoms with Crippen LogP contribution in [-0.2, 0) is 5.75 Å². The molecule has 0 fully saturated rings. The van der Waals surface area contributed by atoms with E-state index in [1.165, 1.54) is 5.56 Å². The Morgan fingerprint density at radius 2 is 1.76 bits per heavy atom. The van der Waals surface area contributed by atoms with Crippen molar-refractivity contribution in [2.45, 2.75) is 10.6 Å². The Kier molecular flexibility index (Phi) is 5.89. The summed E-state index contributed by atoms with van der Waals surface area (Å²) in [4.78, 5) is 1.15. The maximum atomic E-state index is 6.23. The Balaban J connectivity index is 1.72. The minimum atomic E-state index is 0.711. The summed E-state index contributed by atoms with van der Waals surface area (Å²) in [5, 5.41) is 3.34.